The Morgan fingerprint density at radius 3 is 2.67 bits per heavy atom. The Morgan fingerprint density at radius 1 is 1.24 bits per heavy atom. The van der Waals surface area contributed by atoms with Crippen molar-refractivity contribution >= 4 is 39.8 Å². The van der Waals surface area contributed by atoms with Crippen molar-refractivity contribution < 1.29 is 4.79 Å². The van der Waals surface area contributed by atoms with E-state index in [-0.39, 0.29) is 5.91 Å². The summed E-state index contributed by atoms with van der Waals surface area (Å²) in [4.78, 5) is 21.0. The normalized spacial score (nSPS) is 10.8. The van der Waals surface area contributed by atoms with Crippen molar-refractivity contribution in [3.63, 3.8) is 0 Å². The van der Waals surface area contributed by atoms with Crippen molar-refractivity contribution in [2.75, 3.05) is 5.32 Å². The summed E-state index contributed by atoms with van der Waals surface area (Å²) >= 11 is 2.22. The highest BCUT2D eigenvalue weighted by atomic mass is 127. The monoisotopic (exact) mass is 392 g/mol. The number of aryl methyl sites for hydroxylation is 2. The lowest BCUT2D eigenvalue weighted by molar-refractivity contribution is 0.102. The van der Waals surface area contributed by atoms with Crippen LogP contribution in [0.1, 0.15) is 21.9 Å². The van der Waals surface area contributed by atoms with Crippen LogP contribution in [0.2, 0.25) is 0 Å². The molecule has 0 unspecified atom stereocenters. The molecule has 0 aliphatic carbocycles. The summed E-state index contributed by atoms with van der Waals surface area (Å²) in [5, 5.41) is 2.84. The van der Waals surface area contributed by atoms with Crippen LogP contribution < -0.4 is 5.32 Å². The molecule has 5 nitrogen and oxygen atoms in total. The van der Waals surface area contributed by atoms with Gasteiger partial charge in [-0.1, -0.05) is 0 Å². The maximum absolute atomic E-state index is 12.4. The number of halogens is 1. The first-order chi connectivity index (χ1) is 10.0. The molecule has 1 N–H and O–H groups in total. The number of carbonyl (C=O) groups excluding carboxylic acids is 1. The van der Waals surface area contributed by atoms with E-state index in [0.29, 0.717) is 11.3 Å². The van der Waals surface area contributed by atoms with E-state index < -0.39 is 0 Å². The molecular formula is C15H13IN4O. The molecule has 0 aliphatic rings. The summed E-state index contributed by atoms with van der Waals surface area (Å²) in [6.45, 7) is 3.87. The maximum Gasteiger partial charge on any atom is 0.278 e. The molecule has 0 fully saturated rings. The smallest absolute Gasteiger partial charge is 0.278 e. The Kier molecular flexibility index (Phi) is 3.62. The molecule has 106 valence electrons. The Morgan fingerprint density at radius 2 is 1.95 bits per heavy atom. The van der Waals surface area contributed by atoms with E-state index in [1.807, 2.05) is 48.6 Å². The van der Waals surface area contributed by atoms with Gasteiger partial charge in [-0.3, -0.25) is 9.20 Å². The molecule has 21 heavy (non-hydrogen) atoms. The Hall–Kier alpha value is -1.96. The molecule has 3 aromatic rings. The predicted octanol–water partition coefficient (Wildman–Crippen LogP) is 3.20. The van der Waals surface area contributed by atoms with E-state index in [1.54, 1.807) is 6.33 Å². The summed E-state index contributed by atoms with van der Waals surface area (Å²) in [6.07, 6.45) is 1.62. The van der Waals surface area contributed by atoms with E-state index >= 15 is 0 Å². The van der Waals surface area contributed by atoms with Gasteiger partial charge in [-0.15, -0.1) is 0 Å². The van der Waals surface area contributed by atoms with Crippen LogP contribution in [0.25, 0.3) is 5.65 Å². The van der Waals surface area contributed by atoms with E-state index in [4.69, 9.17) is 0 Å². The van der Waals surface area contributed by atoms with Crippen LogP contribution in [0.15, 0.2) is 36.7 Å². The fourth-order valence-electron chi connectivity index (χ4n) is 2.16. The molecule has 2 aromatic heterocycles. The summed E-state index contributed by atoms with van der Waals surface area (Å²) in [5.41, 5.74) is 3.52. The molecule has 1 aromatic carbocycles. The van der Waals surface area contributed by atoms with Crippen LogP contribution in [-0.4, -0.2) is 20.3 Å². The summed E-state index contributed by atoms with van der Waals surface area (Å²) in [6, 6.07) is 9.56. The topological polar surface area (TPSA) is 59.3 Å². The highest BCUT2D eigenvalue weighted by molar-refractivity contribution is 14.1. The maximum atomic E-state index is 12.4. The van der Waals surface area contributed by atoms with Gasteiger partial charge in [0.1, 0.15) is 6.33 Å². The number of amides is 1. The van der Waals surface area contributed by atoms with Crippen molar-refractivity contribution in [1.29, 1.82) is 0 Å². The van der Waals surface area contributed by atoms with Gasteiger partial charge >= 0.3 is 0 Å². The van der Waals surface area contributed by atoms with Crippen molar-refractivity contribution in [2.45, 2.75) is 13.8 Å². The zero-order chi connectivity index (χ0) is 15.0. The number of hydrogen-bond acceptors (Lipinski definition) is 3. The van der Waals surface area contributed by atoms with Gasteiger partial charge in [0.25, 0.3) is 5.91 Å². The average molecular weight is 392 g/mol. The molecule has 6 heteroatoms. The number of carbonyl (C=O) groups is 1. The zero-order valence-electron chi connectivity index (χ0n) is 11.6. The first kappa shape index (κ1) is 14.0. The van der Waals surface area contributed by atoms with Crippen LogP contribution in [0.5, 0.6) is 0 Å². The third kappa shape index (κ3) is 2.76. The molecule has 1 amide bonds. The van der Waals surface area contributed by atoms with E-state index in [2.05, 4.69) is 37.9 Å². The van der Waals surface area contributed by atoms with Crippen LogP contribution in [-0.2, 0) is 0 Å². The molecule has 0 bridgehead atoms. The van der Waals surface area contributed by atoms with Crippen molar-refractivity contribution in [3.8, 4) is 0 Å². The van der Waals surface area contributed by atoms with Gasteiger partial charge in [-0.05, 0) is 66.8 Å². The number of nitrogens with one attached hydrogen (secondary N) is 1. The zero-order valence-corrected chi connectivity index (χ0v) is 13.7. The number of hydrogen-bond donors (Lipinski definition) is 1. The Bertz CT molecular complexity index is 824. The number of aromatic nitrogens is 3. The lowest BCUT2D eigenvalue weighted by Crippen LogP contribution is -2.13. The Balaban J connectivity index is 1.96. The van der Waals surface area contributed by atoms with Crippen molar-refractivity contribution in [1.82, 2.24) is 14.4 Å². The minimum absolute atomic E-state index is 0.254. The molecule has 0 saturated carbocycles. The minimum Gasteiger partial charge on any atom is -0.321 e. The minimum atomic E-state index is -0.254. The first-order valence-electron chi connectivity index (χ1n) is 6.43. The fourth-order valence-corrected chi connectivity index (χ4v) is 2.52. The SMILES string of the molecule is Cc1cc(C)n2cnc(C(=O)Nc3ccc(I)cc3)c2n1. The summed E-state index contributed by atoms with van der Waals surface area (Å²) < 4.78 is 2.93. The van der Waals surface area contributed by atoms with Gasteiger partial charge in [-0.2, -0.15) is 0 Å². The number of fused-ring (bicyclic) bond motifs is 1. The van der Waals surface area contributed by atoms with E-state index in [0.717, 1.165) is 20.6 Å². The second kappa shape index (κ2) is 5.44. The fraction of sp³-hybridized carbons (Fsp3) is 0.133. The number of anilines is 1. The van der Waals surface area contributed by atoms with Crippen molar-refractivity contribution in [2.24, 2.45) is 0 Å². The lowest BCUT2D eigenvalue weighted by Gasteiger charge is -2.05. The predicted molar refractivity (Wildman–Crippen MR) is 89.6 cm³/mol. The summed E-state index contributed by atoms with van der Waals surface area (Å²) in [5.74, 6) is -0.254. The number of benzene rings is 1. The molecule has 0 spiro atoms. The first-order valence-corrected chi connectivity index (χ1v) is 7.51. The van der Waals surface area contributed by atoms with Crippen LogP contribution in [0.4, 0.5) is 5.69 Å². The van der Waals surface area contributed by atoms with Gasteiger partial charge in [0.15, 0.2) is 11.3 Å². The molecule has 3 rings (SSSR count). The van der Waals surface area contributed by atoms with Gasteiger partial charge < -0.3 is 5.32 Å². The molecular weight excluding hydrogens is 379 g/mol. The number of nitrogens with zero attached hydrogens (tertiary/aromatic N) is 3. The third-order valence-corrected chi connectivity index (χ3v) is 3.86. The lowest BCUT2D eigenvalue weighted by atomic mass is 10.3. The molecule has 0 aliphatic heterocycles. The van der Waals surface area contributed by atoms with Gasteiger partial charge in [0.2, 0.25) is 0 Å². The van der Waals surface area contributed by atoms with Crippen molar-refractivity contribution in [3.05, 3.63) is 57.3 Å². The largest absolute Gasteiger partial charge is 0.321 e. The second-order valence-corrected chi connectivity index (χ2v) is 6.03. The molecule has 0 radical (unpaired) electrons. The van der Waals surface area contributed by atoms with E-state index in [9.17, 15) is 4.79 Å². The number of imidazole rings is 1. The van der Waals surface area contributed by atoms with Crippen LogP contribution in [0, 0.1) is 17.4 Å². The quantitative estimate of drug-likeness (QED) is 0.682. The second-order valence-electron chi connectivity index (χ2n) is 4.79. The van der Waals surface area contributed by atoms with E-state index in [1.165, 1.54) is 0 Å². The highest BCUT2D eigenvalue weighted by Gasteiger charge is 2.16. The standard InChI is InChI=1S/C15H13IN4O/c1-9-7-10(2)20-8-17-13(14(20)18-9)15(21)19-12-5-3-11(16)4-6-12/h3-8H,1-2H3,(H,19,21). The third-order valence-electron chi connectivity index (χ3n) is 3.14. The number of rotatable bonds is 2. The molecule has 0 saturated heterocycles. The van der Waals surface area contributed by atoms with Gasteiger partial charge in [0, 0.05) is 20.6 Å². The summed E-state index contributed by atoms with van der Waals surface area (Å²) in [7, 11) is 0. The molecule has 0 atom stereocenters. The van der Waals surface area contributed by atoms with Gasteiger partial charge in [0.05, 0.1) is 0 Å². The Labute approximate surface area is 135 Å². The van der Waals surface area contributed by atoms with Crippen LogP contribution >= 0.6 is 22.6 Å². The van der Waals surface area contributed by atoms with Crippen LogP contribution in [0.3, 0.4) is 0 Å². The van der Waals surface area contributed by atoms with Gasteiger partial charge in [-0.25, -0.2) is 9.97 Å². The average Bonchev–Trinajstić information content (AvgIpc) is 2.85. The highest BCUT2D eigenvalue weighted by Crippen LogP contribution is 2.15. The molecule has 2 heterocycles.